The van der Waals surface area contributed by atoms with Crippen LogP contribution in [0.25, 0.3) is 10.2 Å². The van der Waals surface area contributed by atoms with E-state index in [9.17, 15) is 4.79 Å². The lowest BCUT2D eigenvalue weighted by Gasteiger charge is -2.16. The van der Waals surface area contributed by atoms with Gasteiger partial charge in [-0.2, -0.15) is 0 Å². The summed E-state index contributed by atoms with van der Waals surface area (Å²) in [6.07, 6.45) is 0. The predicted molar refractivity (Wildman–Crippen MR) is 98.1 cm³/mol. The Hall–Kier alpha value is -1.87. The maximum absolute atomic E-state index is 12.3. The molecule has 3 heterocycles. The van der Waals surface area contributed by atoms with Crippen LogP contribution in [0.3, 0.4) is 0 Å². The van der Waals surface area contributed by atoms with Gasteiger partial charge in [-0.25, -0.2) is 9.66 Å². The monoisotopic (exact) mass is 364 g/mol. The highest BCUT2D eigenvalue weighted by atomic mass is 32.2. The Labute approximate surface area is 147 Å². The van der Waals surface area contributed by atoms with Crippen molar-refractivity contribution in [2.24, 2.45) is 0 Å². The molecule has 3 rings (SSSR count). The van der Waals surface area contributed by atoms with Crippen LogP contribution >= 0.6 is 23.1 Å². The molecule has 0 atom stereocenters. The number of thioether (sulfide) groups is 1. The first-order chi connectivity index (χ1) is 11.2. The molecular formula is C15H20N6OS2. The zero-order valence-corrected chi connectivity index (χ0v) is 15.9. The largest absolute Gasteiger partial charge is 0.336 e. The first kappa shape index (κ1) is 17.0. The molecule has 9 heteroatoms. The van der Waals surface area contributed by atoms with Gasteiger partial charge < -0.3 is 10.8 Å². The molecule has 0 aliphatic rings. The molecule has 3 aromatic heterocycles. The van der Waals surface area contributed by atoms with E-state index in [4.69, 9.17) is 5.84 Å². The number of hydrogen-bond acceptors (Lipinski definition) is 7. The third-order valence-corrected chi connectivity index (χ3v) is 5.82. The number of aryl methyl sites for hydroxylation is 2. The van der Waals surface area contributed by atoms with Crippen LogP contribution in [-0.2, 0) is 11.2 Å². The third kappa shape index (κ3) is 2.93. The Morgan fingerprint density at radius 2 is 2.00 bits per heavy atom. The molecule has 0 spiro atoms. The third-order valence-electron chi connectivity index (χ3n) is 3.76. The fourth-order valence-corrected chi connectivity index (χ4v) is 4.16. The average Bonchev–Trinajstić information content (AvgIpc) is 2.97. The van der Waals surface area contributed by atoms with Crippen LogP contribution in [-0.4, -0.2) is 24.8 Å². The van der Waals surface area contributed by atoms with Gasteiger partial charge in [-0.05, 0) is 19.4 Å². The van der Waals surface area contributed by atoms with Gasteiger partial charge in [0.15, 0.2) is 5.82 Å². The summed E-state index contributed by atoms with van der Waals surface area (Å²) in [7, 11) is 0. The lowest BCUT2D eigenvalue weighted by molar-refractivity contribution is 0.523. The van der Waals surface area contributed by atoms with Crippen molar-refractivity contribution in [3.8, 4) is 0 Å². The molecule has 3 N–H and O–H groups in total. The van der Waals surface area contributed by atoms with Crippen LogP contribution in [0.15, 0.2) is 9.95 Å². The second-order valence-electron chi connectivity index (χ2n) is 6.69. The molecular weight excluding hydrogens is 344 g/mol. The Kier molecular flexibility index (Phi) is 4.16. The molecule has 0 radical (unpaired) electrons. The zero-order chi connectivity index (χ0) is 17.6. The van der Waals surface area contributed by atoms with Gasteiger partial charge in [0.2, 0.25) is 5.16 Å². The smallest absolute Gasteiger partial charge is 0.259 e. The summed E-state index contributed by atoms with van der Waals surface area (Å²) in [5.74, 6) is 7.88. The van der Waals surface area contributed by atoms with E-state index in [1.165, 1.54) is 16.4 Å². The molecule has 0 saturated carbocycles. The number of nitrogens with zero attached hydrogens (tertiary/aromatic N) is 4. The number of nitrogen functional groups attached to an aromatic ring is 1. The molecule has 24 heavy (non-hydrogen) atoms. The predicted octanol–water partition coefficient (Wildman–Crippen LogP) is 2.50. The van der Waals surface area contributed by atoms with Crippen molar-refractivity contribution in [3.63, 3.8) is 0 Å². The summed E-state index contributed by atoms with van der Waals surface area (Å²) in [6, 6.07) is 0. The number of thiophene rings is 1. The van der Waals surface area contributed by atoms with Crippen LogP contribution in [0.2, 0.25) is 0 Å². The van der Waals surface area contributed by atoms with Crippen molar-refractivity contribution in [3.05, 3.63) is 32.4 Å². The highest BCUT2D eigenvalue weighted by molar-refractivity contribution is 7.98. The van der Waals surface area contributed by atoms with E-state index in [1.807, 2.05) is 34.6 Å². The molecule has 0 amide bonds. The number of nitrogens with two attached hydrogens (primary N) is 1. The molecule has 0 fully saturated rings. The van der Waals surface area contributed by atoms with Gasteiger partial charge in [0.1, 0.15) is 10.7 Å². The second-order valence-corrected chi connectivity index (χ2v) is 8.84. The second kappa shape index (κ2) is 5.89. The van der Waals surface area contributed by atoms with Crippen LogP contribution in [0.4, 0.5) is 0 Å². The van der Waals surface area contributed by atoms with Gasteiger partial charge in [-0.15, -0.1) is 21.5 Å². The Morgan fingerprint density at radius 1 is 1.29 bits per heavy atom. The van der Waals surface area contributed by atoms with Crippen molar-refractivity contribution in [1.82, 2.24) is 24.8 Å². The number of hydrogen-bond donors (Lipinski definition) is 2. The maximum atomic E-state index is 12.3. The molecule has 0 aliphatic heterocycles. The van der Waals surface area contributed by atoms with Gasteiger partial charge in [0.05, 0.1) is 11.1 Å². The SMILES string of the molecule is Cc1sc2nc(CSc3nnc(C(C)(C)C)n3N)[nH]c(=O)c2c1C. The van der Waals surface area contributed by atoms with Gasteiger partial charge in [-0.1, -0.05) is 32.5 Å². The Bertz CT molecular complexity index is 963. The molecule has 0 unspecified atom stereocenters. The fourth-order valence-electron chi connectivity index (χ4n) is 2.39. The Balaban J connectivity index is 1.87. The summed E-state index contributed by atoms with van der Waals surface area (Å²) in [4.78, 5) is 21.6. The molecule has 128 valence electrons. The maximum Gasteiger partial charge on any atom is 0.259 e. The molecule has 7 nitrogen and oxygen atoms in total. The standard InChI is InChI=1S/C15H20N6OS2/c1-7-8(2)24-12-10(7)11(22)17-9(18-12)6-23-14-20-19-13(21(14)16)15(3,4)5/h6,16H2,1-5H3,(H,17,18,22). The molecule has 3 aromatic rings. The van der Waals surface area contributed by atoms with Crippen molar-refractivity contribution in [2.75, 3.05) is 5.84 Å². The lowest BCUT2D eigenvalue weighted by atomic mass is 9.96. The summed E-state index contributed by atoms with van der Waals surface area (Å²) in [6.45, 7) is 10.0. The van der Waals surface area contributed by atoms with Crippen molar-refractivity contribution in [1.29, 1.82) is 0 Å². The summed E-state index contributed by atoms with van der Waals surface area (Å²) in [5.41, 5.74) is 0.722. The number of aromatic nitrogens is 5. The first-order valence-corrected chi connectivity index (χ1v) is 9.31. The summed E-state index contributed by atoms with van der Waals surface area (Å²) >= 11 is 2.94. The van der Waals surface area contributed by atoms with E-state index in [-0.39, 0.29) is 11.0 Å². The van der Waals surface area contributed by atoms with E-state index in [0.29, 0.717) is 27.9 Å². The zero-order valence-electron chi connectivity index (χ0n) is 14.3. The van der Waals surface area contributed by atoms with Crippen molar-refractivity contribution < 1.29 is 0 Å². The number of H-pyrrole nitrogens is 1. The molecule has 0 saturated heterocycles. The molecule has 0 aromatic carbocycles. The van der Waals surface area contributed by atoms with E-state index in [2.05, 4.69) is 20.2 Å². The molecule has 0 aliphatic carbocycles. The van der Waals surface area contributed by atoms with E-state index < -0.39 is 0 Å². The van der Waals surface area contributed by atoms with Gasteiger partial charge in [0.25, 0.3) is 5.56 Å². The van der Waals surface area contributed by atoms with Crippen LogP contribution in [0.5, 0.6) is 0 Å². The van der Waals surface area contributed by atoms with Gasteiger partial charge in [-0.3, -0.25) is 4.79 Å². The van der Waals surface area contributed by atoms with E-state index in [1.54, 1.807) is 11.3 Å². The highest BCUT2D eigenvalue weighted by Crippen LogP contribution is 2.27. The molecule has 0 bridgehead atoms. The highest BCUT2D eigenvalue weighted by Gasteiger charge is 2.23. The average molecular weight is 365 g/mol. The van der Waals surface area contributed by atoms with Crippen molar-refractivity contribution >= 4 is 33.3 Å². The number of aromatic amines is 1. The summed E-state index contributed by atoms with van der Waals surface area (Å²) < 4.78 is 1.50. The number of fused-ring (bicyclic) bond motifs is 1. The van der Waals surface area contributed by atoms with E-state index >= 15 is 0 Å². The van der Waals surface area contributed by atoms with Crippen molar-refractivity contribution in [2.45, 2.75) is 50.9 Å². The van der Waals surface area contributed by atoms with Crippen LogP contribution in [0.1, 0.15) is 42.9 Å². The summed E-state index contributed by atoms with van der Waals surface area (Å²) in [5, 5.41) is 9.57. The first-order valence-electron chi connectivity index (χ1n) is 7.51. The number of nitrogens with one attached hydrogen (secondary N) is 1. The van der Waals surface area contributed by atoms with Crippen LogP contribution < -0.4 is 11.4 Å². The minimum absolute atomic E-state index is 0.0953. The van der Waals surface area contributed by atoms with E-state index in [0.717, 1.165) is 15.3 Å². The lowest BCUT2D eigenvalue weighted by Crippen LogP contribution is -2.24. The van der Waals surface area contributed by atoms with Gasteiger partial charge in [0, 0.05) is 10.3 Å². The Morgan fingerprint density at radius 3 is 2.62 bits per heavy atom. The number of rotatable bonds is 3. The quantitative estimate of drug-likeness (QED) is 0.547. The normalized spacial score (nSPS) is 12.2. The fraction of sp³-hybridized carbons (Fsp3) is 0.467. The van der Waals surface area contributed by atoms with Gasteiger partial charge >= 0.3 is 0 Å². The van der Waals surface area contributed by atoms with Crippen LogP contribution in [0, 0.1) is 13.8 Å². The topological polar surface area (TPSA) is 102 Å². The minimum Gasteiger partial charge on any atom is -0.336 e. The minimum atomic E-state index is -0.182.